The molecule has 0 aliphatic carbocycles. The van der Waals surface area contributed by atoms with Gasteiger partial charge < -0.3 is 10.6 Å². The highest BCUT2D eigenvalue weighted by Gasteiger charge is 2.13. The van der Waals surface area contributed by atoms with Gasteiger partial charge in [-0.2, -0.15) is 0 Å². The van der Waals surface area contributed by atoms with Crippen molar-refractivity contribution in [2.45, 2.75) is 31.6 Å². The molecule has 2 rings (SSSR count). The molecule has 6 nitrogen and oxygen atoms in total. The molecule has 1 aromatic carbocycles. The highest BCUT2D eigenvalue weighted by atomic mass is 32.2. The zero-order chi connectivity index (χ0) is 18.8. The second kappa shape index (κ2) is 10.3. The Labute approximate surface area is 159 Å². The molecule has 1 aromatic heterocycles. The van der Waals surface area contributed by atoms with Gasteiger partial charge >= 0.3 is 0 Å². The van der Waals surface area contributed by atoms with E-state index in [0.29, 0.717) is 23.9 Å². The van der Waals surface area contributed by atoms with Crippen LogP contribution in [0.1, 0.15) is 23.7 Å². The van der Waals surface area contributed by atoms with E-state index in [1.54, 1.807) is 41.7 Å². The van der Waals surface area contributed by atoms with E-state index in [2.05, 4.69) is 27.5 Å². The van der Waals surface area contributed by atoms with Crippen molar-refractivity contribution in [1.82, 2.24) is 15.6 Å². The van der Waals surface area contributed by atoms with Crippen LogP contribution < -0.4 is 10.6 Å². The SMILES string of the molecule is CCNC(=NCCS(=O)(=O)c1ccccc1)NCCc1ncc(CC)s1. The number of nitrogens with zero attached hydrogens (tertiary/aromatic N) is 2. The maximum Gasteiger partial charge on any atom is 0.191 e. The lowest BCUT2D eigenvalue weighted by atomic mass is 10.4. The average Bonchev–Trinajstić information content (AvgIpc) is 3.10. The Bertz CT molecular complexity index is 802. The Hall–Kier alpha value is -1.93. The van der Waals surface area contributed by atoms with Gasteiger partial charge in [-0.3, -0.25) is 4.99 Å². The molecule has 0 aliphatic heterocycles. The molecule has 0 fully saturated rings. The first-order chi connectivity index (χ1) is 12.5. The van der Waals surface area contributed by atoms with Gasteiger partial charge in [-0.1, -0.05) is 25.1 Å². The van der Waals surface area contributed by atoms with Gasteiger partial charge in [-0.25, -0.2) is 13.4 Å². The summed E-state index contributed by atoms with van der Waals surface area (Å²) < 4.78 is 24.6. The van der Waals surface area contributed by atoms with E-state index in [1.807, 2.05) is 13.1 Å². The summed E-state index contributed by atoms with van der Waals surface area (Å²) in [6, 6.07) is 8.48. The summed E-state index contributed by atoms with van der Waals surface area (Å²) in [5.74, 6) is 0.614. The van der Waals surface area contributed by atoms with E-state index in [9.17, 15) is 8.42 Å². The van der Waals surface area contributed by atoms with Crippen molar-refractivity contribution in [3.63, 3.8) is 0 Å². The summed E-state index contributed by atoms with van der Waals surface area (Å²) in [4.78, 5) is 10.4. The number of nitrogens with one attached hydrogen (secondary N) is 2. The normalized spacial score (nSPS) is 12.2. The number of benzene rings is 1. The van der Waals surface area contributed by atoms with Crippen molar-refractivity contribution < 1.29 is 8.42 Å². The molecule has 0 saturated heterocycles. The molecular weight excluding hydrogens is 368 g/mol. The van der Waals surface area contributed by atoms with E-state index in [4.69, 9.17) is 0 Å². The van der Waals surface area contributed by atoms with Crippen LogP contribution in [0.15, 0.2) is 46.4 Å². The number of aromatic nitrogens is 1. The highest BCUT2D eigenvalue weighted by molar-refractivity contribution is 7.91. The first-order valence-electron chi connectivity index (χ1n) is 8.78. The topological polar surface area (TPSA) is 83.5 Å². The first-order valence-corrected chi connectivity index (χ1v) is 11.3. The molecule has 26 heavy (non-hydrogen) atoms. The van der Waals surface area contributed by atoms with E-state index in [0.717, 1.165) is 17.8 Å². The van der Waals surface area contributed by atoms with Gasteiger partial charge in [0.15, 0.2) is 15.8 Å². The molecule has 0 aliphatic rings. The van der Waals surface area contributed by atoms with Crippen molar-refractivity contribution >= 4 is 27.1 Å². The van der Waals surface area contributed by atoms with Crippen LogP contribution in [-0.2, 0) is 22.7 Å². The maximum atomic E-state index is 12.3. The maximum absolute atomic E-state index is 12.3. The highest BCUT2D eigenvalue weighted by Crippen LogP contribution is 2.13. The minimum absolute atomic E-state index is 0.0140. The van der Waals surface area contributed by atoms with Crippen molar-refractivity contribution in [2.75, 3.05) is 25.4 Å². The number of aryl methyl sites for hydroxylation is 1. The van der Waals surface area contributed by atoms with Crippen molar-refractivity contribution in [1.29, 1.82) is 0 Å². The fourth-order valence-corrected chi connectivity index (χ4v) is 4.28. The minimum atomic E-state index is -3.31. The van der Waals surface area contributed by atoms with Crippen LogP contribution in [0.3, 0.4) is 0 Å². The second-order valence-corrected chi connectivity index (χ2v) is 8.95. The molecule has 2 aromatic rings. The van der Waals surface area contributed by atoms with Crippen LogP contribution in [-0.4, -0.2) is 44.7 Å². The van der Waals surface area contributed by atoms with Crippen molar-refractivity contribution in [3.05, 3.63) is 46.4 Å². The zero-order valence-corrected chi connectivity index (χ0v) is 16.9. The smallest absolute Gasteiger partial charge is 0.191 e. The largest absolute Gasteiger partial charge is 0.357 e. The molecule has 0 atom stereocenters. The number of hydrogen-bond acceptors (Lipinski definition) is 5. The average molecular weight is 395 g/mol. The van der Waals surface area contributed by atoms with E-state index in [-0.39, 0.29) is 12.3 Å². The van der Waals surface area contributed by atoms with Gasteiger partial charge in [0.1, 0.15) is 0 Å². The van der Waals surface area contributed by atoms with Crippen LogP contribution in [0.5, 0.6) is 0 Å². The Balaban J connectivity index is 1.85. The third-order valence-corrected chi connectivity index (χ3v) is 6.57. The molecule has 0 bridgehead atoms. The Morgan fingerprint density at radius 1 is 1.19 bits per heavy atom. The van der Waals surface area contributed by atoms with E-state index in [1.165, 1.54) is 4.88 Å². The van der Waals surface area contributed by atoms with E-state index >= 15 is 0 Å². The summed E-state index contributed by atoms with van der Waals surface area (Å²) in [6.07, 6.45) is 3.75. The molecule has 8 heteroatoms. The minimum Gasteiger partial charge on any atom is -0.357 e. The fraction of sp³-hybridized carbons (Fsp3) is 0.444. The Morgan fingerprint density at radius 3 is 2.62 bits per heavy atom. The summed E-state index contributed by atoms with van der Waals surface area (Å²) >= 11 is 1.73. The number of thiazole rings is 1. The number of sulfone groups is 1. The standard InChI is InChI=1S/C18H26N4O2S2/c1-3-15-14-22-17(25-15)10-11-20-18(19-4-2)21-12-13-26(23,24)16-8-6-5-7-9-16/h5-9,14H,3-4,10-13H2,1-2H3,(H2,19,20,21). The van der Waals surface area contributed by atoms with Crippen LogP contribution in [0, 0.1) is 0 Å². The van der Waals surface area contributed by atoms with Crippen LogP contribution >= 0.6 is 11.3 Å². The first kappa shape index (κ1) is 20.4. The summed E-state index contributed by atoms with van der Waals surface area (Å²) in [5.41, 5.74) is 0. The van der Waals surface area contributed by atoms with Gasteiger partial charge in [0.2, 0.25) is 0 Å². The van der Waals surface area contributed by atoms with Gasteiger partial charge in [-0.05, 0) is 25.5 Å². The molecule has 0 spiro atoms. The number of hydrogen-bond donors (Lipinski definition) is 2. The summed E-state index contributed by atoms with van der Waals surface area (Å²) in [7, 11) is -3.31. The Kier molecular flexibility index (Phi) is 8.06. The van der Waals surface area contributed by atoms with Crippen LogP contribution in [0.2, 0.25) is 0 Å². The van der Waals surface area contributed by atoms with Crippen molar-refractivity contribution in [2.24, 2.45) is 4.99 Å². The van der Waals surface area contributed by atoms with Gasteiger partial charge in [0.25, 0.3) is 0 Å². The lowest BCUT2D eigenvalue weighted by molar-refractivity contribution is 0.596. The molecule has 142 valence electrons. The molecular formula is C18H26N4O2S2. The Morgan fingerprint density at radius 2 is 1.96 bits per heavy atom. The molecule has 0 unspecified atom stereocenters. The summed E-state index contributed by atoms with van der Waals surface area (Å²) in [6.45, 7) is 5.73. The van der Waals surface area contributed by atoms with Crippen molar-refractivity contribution in [3.8, 4) is 0 Å². The number of rotatable bonds is 9. The molecule has 0 amide bonds. The van der Waals surface area contributed by atoms with Crippen LogP contribution in [0.25, 0.3) is 0 Å². The lowest BCUT2D eigenvalue weighted by Crippen LogP contribution is -2.38. The molecule has 1 heterocycles. The molecule has 0 saturated carbocycles. The van der Waals surface area contributed by atoms with Gasteiger partial charge in [0, 0.05) is 30.6 Å². The molecule has 0 radical (unpaired) electrons. The third-order valence-electron chi connectivity index (χ3n) is 3.66. The quantitative estimate of drug-likeness (QED) is 0.504. The van der Waals surface area contributed by atoms with E-state index < -0.39 is 9.84 Å². The summed E-state index contributed by atoms with van der Waals surface area (Å²) in [5, 5.41) is 7.47. The van der Waals surface area contributed by atoms with Gasteiger partial charge in [-0.15, -0.1) is 11.3 Å². The number of aliphatic imine (C=N–C) groups is 1. The predicted octanol–water partition coefficient (Wildman–Crippen LogP) is 2.28. The monoisotopic (exact) mass is 394 g/mol. The third kappa shape index (κ3) is 6.42. The molecule has 2 N–H and O–H groups in total. The lowest BCUT2D eigenvalue weighted by Gasteiger charge is -2.10. The van der Waals surface area contributed by atoms with Gasteiger partial charge in [0.05, 0.1) is 22.2 Å². The fourth-order valence-electron chi connectivity index (χ4n) is 2.28. The second-order valence-electron chi connectivity index (χ2n) is 5.64. The van der Waals surface area contributed by atoms with Crippen LogP contribution in [0.4, 0.5) is 0 Å². The number of guanidine groups is 1. The predicted molar refractivity (Wildman–Crippen MR) is 108 cm³/mol. The zero-order valence-electron chi connectivity index (χ0n) is 15.2.